The van der Waals surface area contributed by atoms with E-state index in [0.29, 0.717) is 13.0 Å². The molecule has 0 spiro atoms. The van der Waals surface area contributed by atoms with Gasteiger partial charge in [0.15, 0.2) is 0 Å². The molecular weight excluding hydrogens is 278 g/mol. The number of carbonyl (C=O) groups is 2. The molecule has 0 aromatic heterocycles. The zero-order chi connectivity index (χ0) is 12.8. The molecule has 0 saturated carbocycles. The normalized spacial score (nSPS) is 12.8. The van der Waals surface area contributed by atoms with Crippen molar-refractivity contribution in [1.82, 2.24) is 5.32 Å². The van der Waals surface area contributed by atoms with Gasteiger partial charge in [-0.1, -0.05) is 15.9 Å². The van der Waals surface area contributed by atoms with Gasteiger partial charge in [0.2, 0.25) is 0 Å². The van der Waals surface area contributed by atoms with Gasteiger partial charge in [-0.2, -0.15) is 0 Å². The van der Waals surface area contributed by atoms with Crippen LogP contribution >= 0.6 is 15.9 Å². The van der Waals surface area contributed by atoms with Crippen LogP contribution in [-0.4, -0.2) is 36.1 Å². The van der Waals surface area contributed by atoms with Gasteiger partial charge in [0, 0.05) is 6.54 Å². The monoisotopic (exact) mass is 295 g/mol. The van der Waals surface area contributed by atoms with E-state index in [1.165, 1.54) is 7.11 Å². The third kappa shape index (κ3) is 7.50. The molecule has 0 rings (SSSR count). The number of amides is 1. The third-order valence-electron chi connectivity index (χ3n) is 1.52. The third-order valence-corrected chi connectivity index (χ3v) is 2.35. The molecule has 1 atom stereocenters. The van der Waals surface area contributed by atoms with Crippen LogP contribution in [0, 0.1) is 0 Å². The summed E-state index contributed by atoms with van der Waals surface area (Å²) in [6.07, 6.45) is -0.0385. The van der Waals surface area contributed by atoms with Gasteiger partial charge in [0.1, 0.15) is 10.4 Å². The van der Waals surface area contributed by atoms with Gasteiger partial charge in [0.25, 0.3) is 0 Å². The Morgan fingerprint density at radius 2 is 1.94 bits per heavy atom. The highest BCUT2D eigenvalue weighted by atomic mass is 79.9. The van der Waals surface area contributed by atoms with Crippen LogP contribution in [-0.2, 0) is 14.3 Å². The molecule has 5 nitrogen and oxygen atoms in total. The summed E-state index contributed by atoms with van der Waals surface area (Å²) >= 11 is 3.15. The fourth-order valence-electron chi connectivity index (χ4n) is 0.861. The highest BCUT2D eigenvalue weighted by Crippen LogP contribution is 2.08. The zero-order valence-corrected chi connectivity index (χ0v) is 11.6. The minimum absolute atomic E-state index is 0.347. The van der Waals surface area contributed by atoms with Crippen LogP contribution in [0.5, 0.6) is 0 Å². The first kappa shape index (κ1) is 15.2. The molecule has 0 aromatic carbocycles. The van der Waals surface area contributed by atoms with Crippen molar-refractivity contribution in [2.24, 2.45) is 0 Å². The van der Waals surface area contributed by atoms with E-state index in [0.717, 1.165) is 0 Å². The lowest BCUT2D eigenvalue weighted by atomic mass is 10.2. The number of esters is 1. The molecule has 6 heteroatoms. The van der Waals surface area contributed by atoms with Gasteiger partial charge in [-0.25, -0.2) is 4.79 Å². The van der Waals surface area contributed by atoms with Crippen LogP contribution in [0.1, 0.15) is 27.2 Å². The summed E-state index contributed by atoms with van der Waals surface area (Å²) in [6, 6.07) is 0. The topological polar surface area (TPSA) is 64.6 Å². The van der Waals surface area contributed by atoms with Gasteiger partial charge in [-0.05, 0) is 27.2 Å². The van der Waals surface area contributed by atoms with E-state index in [2.05, 4.69) is 26.0 Å². The van der Waals surface area contributed by atoms with Crippen molar-refractivity contribution in [2.45, 2.75) is 37.6 Å². The van der Waals surface area contributed by atoms with Crippen LogP contribution in [0.25, 0.3) is 0 Å². The second-order valence-corrected chi connectivity index (χ2v) is 5.31. The maximum absolute atomic E-state index is 11.2. The summed E-state index contributed by atoms with van der Waals surface area (Å²) in [5.41, 5.74) is -0.514. The molecule has 1 unspecified atom stereocenters. The molecule has 0 heterocycles. The molecule has 0 bridgehead atoms. The van der Waals surface area contributed by atoms with Crippen molar-refractivity contribution in [3.8, 4) is 0 Å². The van der Waals surface area contributed by atoms with E-state index in [1.54, 1.807) is 20.8 Å². The molecule has 1 amide bonds. The summed E-state index contributed by atoms with van der Waals surface area (Å²) in [6.45, 7) is 5.71. The zero-order valence-electron chi connectivity index (χ0n) is 10.0. The summed E-state index contributed by atoms with van der Waals surface area (Å²) in [7, 11) is 1.32. The number of hydrogen-bond donors (Lipinski definition) is 1. The lowest BCUT2D eigenvalue weighted by molar-refractivity contribution is -0.139. The Bertz CT molecular complexity index is 250. The lowest BCUT2D eigenvalue weighted by Crippen LogP contribution is -2.34. The molecule has 0 aliphatic carbocycles. The largest absolute Gasteiger partial charge is 0.468 e. The summed E-state index contributed by atoms with van der Waals surface area (Å²) in [4.78, 5) is 21.8. The van der Waals surface area contributed by atoms with Gasteiger partial charge in [0.05, 0.1) is 7.11 Å². The van der Waals surface area contributed by atoms with E-state index in [4.69, 9.17) is 4.74 Å². The van der Waals surface area contributed by atoms with Gasteiger partial charge in [-0.3, -0.25) is 4.79 Å². The highest BCUT2D eigenvalue weighted by Gasteiger charge is 2.18. The average molecular weight is 296 g/mol. The Morgan fingerprint density at radius 3 is 2.38 bits per heavy atom. The number of ether oxygens (including phenoxy) is 2. The van der Waals surface area contributed by atoms with Gasteiger partial charge < -0.3 is 14.8 Å². The average Bonchev–Trinajstić information content (AvgIpc) is 2.13. The number of halogens is 1. The minimum atomic E-state index is -0.514. The van der Waals surface area contributed by atoms with Crippen LogP contribution in [0.2, 0.25) is 0 Å². The Morgan fingerprint density at radius 1 is 1.38 bits per heavy atom. The molecule has 0 fully saturated rings. The molecule has 0 aliphatic heterocycles. The second kappa shape index (κ2) is 6.73. The Kier molecular flexibility index (Phi) is 6.40. The number of alkyl carbamates (subject to hydrolysis) is 1. The molecule has 0 saturated heterocycles. The van der Waals surface area contributed by atoms with Crippen molar-refractivity contribution in [3.05, 3.63) is 0 Å². The minimum Gasteiger partial charge on any atom is -0.468 e. The smallest absolute Gasteiger partial charge is 0.407 e. The molecule has 94 valence electrons. The fourth-order valence-corrected chi connectivity index (χ4v) is 1.28. The highest BCUT2D eigenvalue weighted by molar-refractivity contribution is 9.10. The van der Waals surface area contributed by atoms with Gasteiger partial charge in [-0.15, -0.1) is 0 Å². The predicted molar refractivity (Wildman–Crippen MR) is 63.6 cm³/mol. The number of hydrogen-bond acceptors (Lipinski definition) is 4. The first-order chi connectivity index (χ1) is 7.26. The van der Waals surface area contributed by atoms with E-state index in [1.807, 2.05) is 0 Å². The molecule has 0 aliphatic rings. The maximum atomic E-state index is 11.2. The Hall–Kier alpha value is -0.780. The Balaban J connectivity index is 3.74. The van der Waals surface area contributed by atoms with Crippen molar-refractivity contribution in [2.75, 3.05) is 13.7 Å². The van der Waals surface area contributed by atoms with Crippen molar-refractivity contribution in [1.29, 1.82) is 0 Å². The first-order valence-corrected chi connectivity index (χ1v) is 5.86. The number of rotatable bonds is 4. The van der Waals surface area contributed by atoms with Crippen LogP contribution < -0.4 is 5.32 Å². The fraction of sp³-hybridized carbons (Fsp3) is 0.800. The summed E-state index contributed by atoms with van der Waals surface area (Å²) in [5.74, 6) is -0.356. The molecular formula is C10H18BrNO4. The standard InChI is InChI=1S/C10H18BrNO4/c1-10(2,3)16-9(14)12-6-5-7(11)8(13)15-4/h7H,5-6H2,1-4H3,(H,12,14). The number of nitrogens with one attached hydrogen (secondary N) is 1. The van der Waals surface area contributed by atoms with Gasteiger partial charge >= 0.3 is 12.1 Å². The van der Waals surface area contributed by atoms with E-state index >= 15 is 0 Å². The summed E-state index contributed by atoms with van der Waals surface area (Å²) < 4.78 is 9.55. The van der Waals surface area contributed by atoms with Crippen molar-refractivity contribution < 1.29 is 19.1 Å². The molecule has 0 aromatic rings. The maximum Gasteiger partial charge on any atom is 0.407 e. The van der Waals surface area contributed by atoms with Crippen molar-refractivity contribution in [3.63, 3.8) is 0 Å². The van der Waals surface area contributed by atoms with E-state index in [9.17, 15) is 9.59 Å². The second-order valence-electron chi connectivity index (χ2n) is 4.21. The number of carbonyl (C=O) groups excluding carboxylic acids is 2. The number of methoxy groups -OCH3 is 1. The quantitative estimate of drug-likeness (QED) is 0.635. The SMILES string of the molecule is COC(=O)C(Br)CCNC(=O)OC(C)(C)C. The Labute approximate surface area is 104 Å². The van der Waals surface area contributed by atoms with Crippen molar-refractivity contribution >= 4 is 28.0 Å². The molecule has 0 radical (unpaired) electrons. The first-order valence-electron chi connectivity index (χ1n) is 4.95. The molecule has 16 heavy (non-hydrogen) atoms. The van der Waals surface area contributed by atoms with Crippen LogP contribution in [0.3, 0.4) is 0 Å². The van der Waals surface area contributed by atoms with Crippen LogP contribution in [0.4, 0.5) is 4.79 Å². The number of alkyl halides is 1. The summed E-state index contributed by atoms with van der Waals surface area (Å²) in [5, 5.41) is 2.55. The predicted octanol–water partition coefficient (Wildman–Crippen LogP) is 1.84. The molecule has 1 N–H and O–H groups in total. The van der Waals surface area contributed by atoms with E-state index < -0.39 is 16.5 Å². The lowest BCUT2D eigenvalue weighted by Gasteiger charge is -2.19. The van der Waals surface area contributed by atoms with E-state index in [-0.39, 0.29) is 5.97 Å². The van der Waals surface area contributed by atoms with Crippen LogP contribution in [0.15, 0.2) is 0 Å².